The number of benzene rings is 1. The highest BCUT2D eigenvalue weighted by molar-refractivity contribution is 9.10. The van der Waals surface area contributed by atoms with Crippen LogP contribution in [0.25, 0.3) is 0 Å². The van der Waals surface area contributed by atoms with Gasteiger partial charge in [0.15, 0.2) is 0 Å². The third kappa shape index (κ3) is 3.06. The molecule has 0 saturated heterocycles. The van der Waals surface area contributed by atoms with Crippen LogP contribution in [0.3, 0.4) is 0 Å². The van der Waals surface area contributed by atoms with E-state index in [-0.39, 0.29) is 6.61 Å². The maximum atomic E-state index is 8.88. The molecule has 0 unspecified atom stereocenters. The summed E-state index contributed by atoms with van der Waals surface area (Å²) in [7, 11) is 0. The van der Waals surface area contributed by atoms with Crippen LogP contribution in [0.15, 0.2) is 22.7 Å². The minimum Gasteiger partial charge on any atom is -0.480 e. The van der Waals surface area contributed by atoms with Crippen LogP contribution >= 0.6 is 15.9 Å². The molecule has 0 bridgehead atoms. The molecule has 0 aliphatic heterocycles. The first kappa shape index (κ1) is 11.1. The molecule has 1 aromatic carbocycles. The molecule has 0 aromatic heterocycles. The number of aliphatic hydroxyl groups is 1. The molecule has 0 amide bonds. The molecular formula is C11H11BrO2. The van der Waals surface area contributed by atoms with E-state index in [4.69, 9.17) is 9.84 Å². The van der Waals surface area contributed by atoms with Crippen molar-refractivity contribution in [2.45, 2.75) is 13.5 Å². The van der Waals surface area contributed by atoms with Crippen molar-refractivity contribution >= 4 is 15.9 Å². The Morgan fingerprint density at radius 3 is 2.86 bits per heavy atom. The number of rotatable bonds is 3. The third-order valence-electron chi connectivity index (χ3n) is 1.66. The first-order valence-corrected chi connectivity index (χ1v) is 4.99. The van der Waals surface area contributed by atoms with Crippen molar-refractivity contribution in [2.75, 3.05) is 6.61 Å². The van der Waals surface area contributed by atoms with Crippen LogP contribution < -0.4 is 4.74 Å². The second-order valence-corrected chi connectivity index (χ2v) is 3.49. The Hall–Kier alpha value is -0.980. The standard InChI is InChI=1S/C11H11BrO2/c1-2-3-6-14-11-5-4-9(8-13)7-10(11)12/h4-5,7,13H,6,8H2,1H3. The lowest BCUT2D eigenvalue weighted by atomic mass is 10.2. The van der Waals surface area contributed by atoms with E-state index in [1.54, 1.807) is 6.92 Å². The normalized spacial score (nSPS) is 9.07. The highest BCUT2D eigenvalue weighted by Gasteiger charge is 2.00. The molecule has 0 fully saturated rings. The molecular weight excluding hydrogens is 244 g/mol. The molecule has 14 heavy (non-hydrogen) atoms. The van der Waals surface area contributed by atoms with E-state index in [2.05, 4.69) is 27.8 Å². The Bertz CT molecular complexity index is 363. The summed E-state index contributed by atoms with van der Waals surface area (Å²) in [6.07, 6.45) is 0. The molecule has 3 heteroatoms. The van der Waals surface area contributed by atoms with Gasteiger partial charge in [-0.3, -0.25) is 0 Å². The van der Waals surface area contributed by atoms with Crippen molar-refractivity contribution < 1.29 is 9.84 Å². The van der Waals surface area contributed by atoms with Crippen molar-refractivity contribution in [3.05, 3.63) is 28.2 Å². The Morgan fingerprint density at radius 1 is 1.50 bits per heavy atom. The Balaban J connectivity index is 2.71. The first-order valence-electron chi connectivity index (χ1n) is 4.19. The van der Waals surface area contributed by atoms with Gasteiger partial charge in [0.05, 0.1) is 11.1 Å². The molecule has 0 aliphatic rings. The largest absolute Gasteiger partial charge is 0.480 e. The van der Waals surface area contributed by atoms with Gasteiger partial charge in [0.25, 0.3) is 0 Å². The number of halogens is 1. The van der Waals surface area contributed by atoms with Crippen LogP contribution in [0, 0.1) is 11.8 Å². The second-order valence-electron chi connectivity index (χ2n) is 2.64. The van der Waals surface area contributed by atoms with Gasteiger partial charge in [-0.15, -0.1) is 5.92 Å². The predicted octanol–water partition coefficient (Wildman–Crippen LogP) is 2.34. The summed E-state index contributed by atoms with van der Waals surface area (Å²) in [5.41, 5.74) is 0.853. The van der Waals surface area contributed by atoms with Crippen LogP contribution in [0.1, 0.15) is 12.5 Å². The summed E-state index contributed by atoms with van der Waals surface area (Å²) in [6, 6.07) is 5.46. The molecule has 2 nitrogen and oxygen atoms in total. The average molecular weight is 255 g/mol. The van der Waals surface area contributed by atoms with E-state index in [1.807, 2.05) is 18.2 Å². The molecule has 0 radical (unpaired) electrons. The van der Waals surface area contributed by atoms with Gasteiger partial charge in [0.1, 0.15) is 12.4 Å². The number of ether oxygens (including phenoxy) is 1. The Morgan fingerprint density at radius 2 is 2.29 bits per heavy atom. The zero-order valence-electron chi connectivity index (χ0n) is 7.88. The summed E-state index contributed by atoms with van der Waals surface area (Å²) in [4.78, 5) is 0. The van der Waals surface area contributed by atoms with E-state index in [1.165, 1.54) is 0 Å². The number of hydrogen-bond acceptors (Lipinski definition) is 2. The van der Waals surface area contributed by atoms with Crippen molar-refractivity contribution in [1.29, 1.82) is 0 Å². The van der Waals surface area contributed by atoms with E-state index in [9.17, 15) is 0 Å². The Kier molecular flexibility index (Phi) is 4.51. The van der Waals surface area contributed by atoms with Crippen LogP contribution in [0.5, 0.6) is 5.75 Å². The SMILES string of the molecule is CC#CCOc1ccc(CO)cc1Br. The van der Waals surface area contributed by atoms with Crippen molar-refractivity contribution in [3.8, 4) is 17.6 Å². The quantitative estimate of drug-likeness (QED) is 0.840. The topological polar surface area (TPSA) is 29.5 Å². The van der Waals surface area contributed by atoms with Crippen LogP contribution in [-0.2, 0) is 6.61 Å². The minimum atomic E-state index is 0.0354. The van der Waals surface area contributed by atoms with Crippen molar-refractivity contribution in [1.82, 2.24) is 0 Å². The summed E-state index contributed by atoms with van der Waals surface area (Å²) >= 11 is 3.36. The second kappa shape index (κ2) is 5.69. The highest BCUT2D eigenvalue weighted by Crippen LogP contribution is 2.25. The molecule has 74 valence electrons. The fourth-order valence-corrected chi connectivity index (χ4v) is 1.49. The first-order chi connectivity index (χ1) is 6.77. The zero-order chi connectivity index (χ0) is 10.4. The summed E-state index contributed by atoms with van der Waals surface area (Å²) in [6.45, 7) is 2.19. The maximum Gasteiger partial charge on any atom is 0.149 e. The number of hydrogen-bond donors (Lipinski definition) is 1. The molecule has 0 heterocycles. The van der Waals surface area contributed by atoms with Crippen LogP contribution in [0.4, 0.5) is 0 Å². The Labute approximate surface area is 92.0 Å². The van der Waals surface area contributed by atoms with E-state index >= 15 is 0 Å². The molecule has 1 N–H and O–H groups in total. The van der Waals surface area contributed by atoms with Gasteiger partial charge < -0.3 is 9.84 Å². The zero-order valence-corrected chi connectivity index (χ0v) is 9.47. The lowest BCUT2D eigenvalue weighted by molar-refractivity contribution is 0.281. The van der Waals surface area contributed by atoms with Gasteiger partial charge in [-0.05, 0) is 40.5 Å². The fraction of sp³-hybridized carbons (Fsp3) is 0.273. The smallest absolute Gasteiger partial charge is 0.149 e. The molecule has 0 spiro atoms. The lowest BCUT2D eigenvalue weighted by Gasteiger charge is -2.05. The number of aliphatic hydroxyl groups excluding tert-OH is 1. The van der Waals surface area contributed by atoms with E-state index in [0.29, 0.717) is 6.61 Å². The van der Waals surface area contributed by atoms with Gasteiger partial charge in [-0.2, -0.15) is 0 Å². The predicted molar refractivity (Wildman–Crippen MR) is 59.0 cm³/mol. The fourth-order valence-electron chi connectivity index (χ4n) is 0.946. The van der Waals surface area contributed by atoms with Crippen LogP contribution in [0.2, 0.25) is 0 Å². The summed E-state index contributed by atoms with van der Waals surface area (Å²) in [5, 5.41) is 8.88. The molecule has 1 rings (SSSR count). The molecule has 0 saturated carbocycles. The van der Waals surface area contributed by atoms with Gasteiger partial charge in [0, 0.05) is 0 Å². The van der Waals surface area contributed by atoms with Crippen molar-refractivity contribution in [3.63, 3.8) is 0 Å². The van der Waals surface area contributed by atoms with Gasteiger partial charge in [-0.1, -0.05) is 12.0 Å². The minimum absolute atomic E-state index is 0.0354. The van der Waals surface area contributed by atoms with Gasteiger partial charge in [-0.25, -0.2) is 0 Å². The van der Waals surface area contributed by atoms with E-state index in [0.717, 1.165) is 15.8 Å². The molecule has 1 aromatic rings. The summed E-state index contributed by atoms with van der Waals surface area (Å²) in [5.74, 6) is 6.30. The maximum absolute atomic E-state index is 8.88. The third-order valence-corrected chi connectivity index (χ3v) is 2.28. The average Bonchev–Trinajstić information content (AvgIpc) is 2.20. The van der Waals surface area contributed by atoms with Gasteiger partial charge >= 0.3 is 0 Å². The van der Waals surface area contributed by atoms with Crippen LogP contribution in [-0.4, -0.2) is 11.7 Å². The monoisotopic (exact) mass is 254 g/mol. The van der Waals surface area contributed by atoms with Crippen molar-refractivity contribution in [2.24, 2.45) is 0 Å². The molecule has 0 aliphatic carbocycles. The lowest BCUT2D eigenvalue weighted by Crippen LogP contribution is -1.95. The van der Waals surface area contributed by atoms with E-state index < -0.39 is 0 Å². The molecule has 0 atom stereocenters. The van der Waals surface area contributed by atoms with Gasteiger partial charge in [0.2, 0.25) is 0 Å². The highest BCUT2D eigenvalue weighted by atomic mass is 79.9. The summed E-state index contributed by atoms with van der Waals surface area (Å²) < 4.78 is 6.21.